The lowest BCUT2D eigenvalue weighted by molar-refractivity contribution is -0.131. The Labute approximate surface area is 168 Å². The molecule has 1 amide bonds. The van der Waals surface area contributed by atoms with E-state index in [1.807, 2.05) is 32.0 Å². The van der Waals surface area contributed by atoms with Gasteiger partial charge >= 0.3 is 0 Å². The number of fused-ring (bicyclic) bond motifs is 1. The van der Waals surface area contributed by atoms with Gasteiger partial charge in [-0.25, -0.2) is 0 Å². The molecule has 0 unspecified atom stereocenters. The van der Waals surface area contributed by atoms with E-state index in [1.54, 1.807) is 12.1 Å². The molecule has 0 spiro atoms. The highest BCUT2D eigenvalue weighted by Crippen LogP contribution is 2.35. The van der Waals surface area contributed by atoms with E-state index in [4.69, 9.17) is 11.6 Å². The molecular formula is C22H20ClNO4. The Hall–Kier alpha value is -2.79. The van der Waals surface area contributed by atoms with E-state index in [0.29, 0.717) is 5.69 Å². The molecule has 5 nitrogen and oxygen atoms in total. The highest BCUT2D eigenvalue weighted by molar-refractivity contribution is 6.39. The van der Waals surface area contributed by atoms with Crippen LogP contribution < -0.4 is 5.32 Å². The summed E-state index contributed by atoms with van der Waals surface area (Å²) in [6, 6.07) is 11.9. The number of carbonyl (C=O) groups is 4. The second kappa shape index (κ2) is 7.68. The van der Waals surface area contributed by atoms with Crippen LogP contribution >= 0.6 is 11.6 Å². The van der Waals surface area contributed by atoms with Crippen LogP contribution in [0.2, 0.25) is 0 Å². The number of anilines is 1. The summed E-state index contributed by atoms with van der Waals surface area (Å²) in [7, 11) is 0. The SMILES string of the molecule is CC(=O)[C@@H](C(=O)Nc1c(C)cccc1C)[C@H]1C(=O)c2ccccc2C(=O)[C@H]1Cl. The van der Waals surface area contributed by atoms with Crippen LogP contribution in [0.1, 0.15) is 38.8 Å². The average Bonchev–Trinajstić information content (AvgIpc) is 2.66. The van der Waals surface area contributed by atoms with Gasteiger partial charge in [-0.2, -0.15) is 0 Å². The molecule has 1 N–H and O–H groups in total. The minimum Gasteiger partial charge on any atom is -0.325 e. The minimum absolute atomic E-state index is 0.195. The maximum atomic E-state index is 13.0. The molecule has 2 aromatic rings. The van der Waals surface area contributed by atoms with Crippen LogP contribution in [0, 0.1) is 25.7 Å². The van der Waals surface area contributed by atoms with Crippen molar-refractivity contribution in [1.29, 1.82) is 0 Å². The van der Waals surface area contributed by atoms with Crippen molar-refractivity contribution < 1.29 is 19.2 Å². The third kappa shape index (κ3) is 3.38. The predicted octanol–water partition coefficient (Wildman–Crippen LogP) is 3.75. The fourth-order valence-electron chi connectivity index (χ4n) is 3.67. The molecule has 0 fully saturated rings. The minimum atomic E-state index is -1.36. The molecule has 0 saturated carbocycles. The summed E-state index contributed by atoms with van der Waals surface area (Å²) < 4.78 is 0. The van der Waals surface area contributed by atoms with Gasteiger partial charge < -0.3 is 5.32 Å². The third-order valence-electron chi connectivity index (χ3n) is 5.14. The van der Waals surface area contributed by atoms with Crippen molar-refractivity contribution in [3.05, 3.63) is 64.7 Å². The molecule has 2 aromatic carbocycles. The van der Waals surface area contributed by atoms with Crippen LogP contribution in [0.25, 0.3) is 0 Å². The van der Waals surface area contributed by atoms with Crippen LogP contribution in [0.4, 0.5) is 5.69 Å². The second-order valence-corrected chi connectivity index (χ2v) is 7.52. The molecule has 0 radical (unpaired) electrons. The summed E-state index contributed by atoms with van der Waals surface area (Å²) in [6.45, 7) is 4.90. The summed E-state index contributed by atoms with van der Waals surface area (Å²) in [6.07, 6.45) is 0. The van der Waals surface area contributed by atoms with Crippen molar-refractivity contribution >= 4 is 40.5 Å². The number of aryl methyl sites for hydroxylation is 2. The van der Waals surface area contributed by atoms with E-state index in [-0.39, 0.29) is 11.1 Å². The van der Waals surface area contributed by atoms with Crippen LogP contribution in [0.15, 0.2) is 42.5 Å². The molecule has 1 aliphatic rings. The summed E-state index contributed by atoms with van der Waals surface area (Å²) in [4.78, 5) is 51.1. The topological polar surface area (TPSA) is 80.3 Å². The monoisotopic (exact) mass is 397 g/mol. The van der Waals surface area contributed by atoms with Crippen molar-refractivity contribution in [1.82, 2.24) is 0 Å². The fraction of sp³-hybridized carbons (Fsp3) is 0.273. The first-order valence-corrected chi connectivity index (χ1v) is 9.36. The Morgan fingerprint density at radius 2 is 1.46 bits per heavy atom. The lowest BCUT2D eigenvalue weighted by Crippen LogP contribution is -2.48. The molecule has 1 aliphatic carbocycles. The van der Waals surface area contributed by atoms with E-state index >= 15 is 0 Å². The molecule has 0 aliphatic heterocycles. The number of halogens is 1. The zero-order chi connectivity index (χ0) is 20.6. The van der Waals surface area contributed by atoms with E-state index in [9.17, 15) is 19.2 Å². The van der Waals surface area contributed by atoms with Gasteiger partial charge in [0.1, 0.15) is 17.1 Å². The van der Waals surface area contributed by atoms with E-state index in [2.05, 4.69) is 5.32 Å². The van der Waals surface area contributed by atoms with E-state index in [1.165, 1.54) is 19.1 Å². The largest absolute Gasteiger partial charge is 0.325 e. The lowest BCUT2D eigenvalue weighted by Gasteiger charge is -2.31. The Morgan fingerprint density at radius 1 is 0.929 bits per heavy atom. The number of carbonyl (C=O) groups excluding carboxylic acids is 4. The summed E-state index contributed by atoms with van der Waals surface area (Å²) in [5, 5.41) is 1.48. The number of Topliss-reactive ketones (excluding diaryl/α,β-unsaturated/α-hetero) is 3. The Morgan fingerprint density at radius 3 is 2.00 bits per heavy atom. The summed E-state index contributed by atoms with van der Waals surface area (Å²) in [5.74, 6) is -4.67. The quantitative estimate of drug-likeness (QED) is 0.629. The Kier molecular flexibility index (Phi) is 5.47. The van der Waals surface area contributed by atoms with Crippen LogP contribution in [0.3, 0.4) is 0 Å². The van der Waals surface area contributed by atoms with Crippen molar-refractivity contribution in [3.63, 3.8) is 0 Å². The van der Waals surface area contributed by atoms with Crippen LogP contribution in [-0.4, -0.2) is 28.6 Å². The second-order valence-electron chi connectivity index (χ2n) is 7.05. The molecular weight excluding hydrogens is 378 g/mol. The van der Waals surface area contributed by atoms with Gasteiger partial charge in [0.25, 0.3) is 0 Å². The maximum Gasteiger partial charge on any atom is 0.235 e. The number of alkyl halides is 1. The molecule has 6 heteroatoms. The van der Waals surface area contributed by atoms with E-state index < -0.39 is 40.5 Å². The normalized spacial score (nSPS) is 19.7. The first kappa shape index (κ1) is 20.0. The van der Waals surface area contributed by atoms with Gasteiger partial charge in [-0.15, -0.1) is 11.6 Å². The highest BCUT2D eigenvalue weighted by Gasteiger charge is 2.48. The number of benzene rings is 2. The number of amides is 1. The van der Waals surface area contributed by atoms with E-state index in [0.717, 1.165) is 11.1 Å². The molecule has 0 aromatic heterocycles. The number of hydrogen-bond acceptors (Lipinski definition) is 4. The summed E-state index contributed by atoms with van der Waals surface area (Å²) >= 11 is 6.30. The van der Waals surface area contributed by atoms with Crippen molar-refractivity contribution in [3.8, 4) is 0 Å². The molecule has 3 atom stereocenters. The fourth-order valence-corrected chi connectivity index (χ4v) is 4.05. The van der Waals surface area contributed by atoms with Gasteiger partial charge in [-0.3, -0.25) is 19.2 Å². The zero-order valence-electron chi connectivity index (χ0n) is 15.8. The summed E-state index contributed by atoms with van der Waals surface area (Å²) in [5.41, 5.74) is 2.66. The molecule has 0 bridgehead atoms. The maximum absolute atomic E-state index is 13.0. The smallest absolute Gasteiger partial charge is 0.235 e. The highest BCUT2D eigenvalue weighted by atomic mass is 35.5. The van der Waals surface area contributed by atoms with Gasteiger partial charge in [0, 0.05) is 16.8 Å². The Balaban J connectivity index is 2.01. The number of para-hydroxylation sites is 1. The molecule has 3 rings (SSSR count). The molecule has 28 heavy (non-hydrogen) atoms. The van der Waals surface area contributed by atoms with Gasteiger partial charge in [0.05, 0.1) is 5.92 Å². The number of nitrogens with one attached hydrogen (secondary N) is 1. The average molecular weight is 398 g/mol. The molecule has 144 valence electrons. The Bertz CT molecular complexity index is 978. The van der Waals surface area contributed by atoms with Crippen molar-refractivity contribution in [2.24, 2.45) is 11.8 Å². The third-order valence-corrected chi connectivity index (χ3v) is 5.61. The van der Waals surface area contributed by atoms with Crippen LogP contribution in [-0.2, 0) is 9.59 Å². The zero-order valence-corrected chi connectivity index (χ0v) is 16.5. The van der Waals surface area contributed by atoms with Gasteiger partial charge in [0.2, 0.25) is 5.91 Å². The molecule has 0 saturated heterocycles. The predicted molar refractivity (Wildman–Crippen MR) is 107 cm³/mol. The standard InChI is InChI=1S/C22H20ClNO4/c1-11-7-6-8-12(2)19(11)24-22(28)16(13(3)25)17-18(23)21(27)15-10-5-4-9-14(15)20(17)26/h4-10,16-18H,1-3H3,(H,24,28)/t16-,17-,18+/m1/s1. The first-order chi connectivity index (χ1) is 13.2. The number of ketones is 3. The number of rotatable bonds is 4. The molecule has 0 heterocycles. The van der Waals surface area contributed by atoms with Crippen molar-refractivity contribution in [2.75, 3.05) is 5.32 Å². The lowest BCUT2D eigenvalue weighted by atomic mass is 9.73. The first-order valence-electron chi connectivity index (χ1n) is 8.93. The van der Waals surface area contributed by atoms with Gasteiger partial charge in [-0.1, -0.05) is 42.5 Å². The van der Waals surface area contributed by atoms with Crippen molar-refractivity contribution in [2.45, 2.75) is 26.1 Å². The number of hydrogen-bond donors (Lipinski definition) is 1. The van der Waals surface area contributed by atoms with Crippen LogP contribution in [0.5, 0.6) is 0 Å². The van der Waals surface area contributed by atoms with Gasteiger partial charge in [-0.05, 0) is 31.9 Å². The van der Waals surface area contributed by atoms with Gasteiger partial charge in [0.15, 0.2) is 11.6 Å².